The molecule has 3 amide bonds. The van der Waals surface area contributed by atoms with E-state index in [1.54, 1.807) is 0 Å². The van der Waals surface area contributed by atoms with Crippen LogP contribution in [0.5, 0.6) is 0 Å². The molecule has 2 atom stereocenters. The van der Waals surface area contributed by atoms with Gasteiger partial charge in [-0.1, -0.05) is 6.42 Å². The van der Waals surface area contributed by atoms with Crippen molar-refractivity contribution in [3.8, 4) is 0 Å². The maximum absolute atomic E-state index is 12.6. The molecule has 3 aliphatic rings. The van der Waals surface area contributed by atoms with Crippen molar-refractivity contribution < 1.29 is 9.59 Å². The molecule has 2 aliphatic heterocycles. The molecule has 118 valence electrons. The monoisotopic (exact) mass is 294 g/mol. The van der Waals surface area contributed by atoms with E-state index < -0.39 is 0 Å². The fraction of sp³-hybridized carbons (Fsp3) is 0.867. The van der Waals surface area contributed by atoms with Crippen LogP contribution in [0.15, 0.2) is 0 Å². The zero-order chi connectivity index (χ0) is 14.8. The highest BCUT2D eigenvalue weighted by atomic mass is 16.2. The van der Waals surface area contributed by atoms with E-state index in [1.807, 2.05) is 9.80 Å². The van der Waals surface area contributed by atoms with E-state index >= 15 is 0 Å². The number of carbonyl (C=O) groups excluding carboxylic acids is 2. The smallest absolute Gasteiger partial charge is 0.317 e. The fourth-order valence-corrected chi connectivity index (χ4v) is 4.11. The van der Waals surface area contributed by atoms with Crippen molar-refractivity contribution in [2.45, 2.75) is 38.1 Å². The summed E-state index contributed by atoms with van der Waals surface area (Å²) in [7, 11) is 0. The van der Waals surface area contributed by atoms with Gasteiger partial charge in [-0.25, -0.2) is 4.79 Å². The van der Waals surface area contributed by atoms with E-state index in [2.05, 4.69) is 5.32 Å². The lowest BCUT2D eigenvalue weighted by molar-refractivity contribution is -0.138. The minimum Gasteiger partial charge on any atom is -0.342 e. The van der Waals surface area contributed by atoms with E-state index in [0.29, 0.717) is 24.4 Å². The second-order valence-corrected chi connectivity index (χ2v) is 6.51. The molecule has 2 unspecified atom stereocenters. The maximum atomic E-state index is 12.6. The van der Waals surface area contributed by atoms with E-state index in [9.17, 15) is 9.59 Å². The molecule has 0 bridgehead atoms. The van der Waals surface area contributed by atoms with E-state index in [1.165, 1.54) is 0 Å². The molecular weight excluding hydrogens is 268 g/mol. The minimum atomic E-state index is 0.0544. The zero-order valence-electron chi connectivity index (χ0n) is 12.6. The van der Waals surface area contributed by atoms with Gasteiger partial charge in [0.15, 0.2) is 0 Å². The third-order valence-corrected chi connectivity index (χ3v) is 5.39. The first-order valence-corrected chi connectivity index (χ1v) is 8.24. The summed E-state index contributed by atoms with van der Waals surface area (Å²) in [4.78, 5) is 28.3. The molecule has 0 aromatic carbocycles. The molecule has 3 rings (SSSR count). The van der Waals surface area contributed by atoms with E-state index in [4.69, 9.17) is 5.73 Å². The van der Waals surface area contributed by atoms with E-state index in [-0.39, 0.29) is 11.9 Å². The summed E-state index contributed by atoms with van der Waals surface area (Å²) >= 11 is 0. The van der Waals surface area contributed by atoms with Crippen molar-refractivity contribution in [3.63, 3.8) is 0 Å². The summed E-state index contributed by atoms with van der Waals surface area (Å²) in [5, 5.41) is 2.85. The summed E-state index contributed by atoms with van der Waals surface area (Å²) in [5.74, 6) is 0.813. The van der Waals surface area contributed by atoms with Gasteiger partial charge in [0, 0.05) is 38.1 Å². The predicted octanol–water partition coefficient (Wildman–Crippen LogP) is 0.378. The highest BCUT2D eigenvalue weighted by molar-refractivity contribution is 5.80. The molecule has 0 aromatic rings. The van der Waals surface area contributed by atoms with Crippen molar-refractivity contribution in [2.75, 3.05) is 32.7 Å². The standard InChI is InChI=1S/C15H26N4O2/c16-10-11-2-1-3-13(11)14(20)18-7-4-12(5-8-18)19-9-6-17-15(19)21/h11-13H,1-10,16H2,(H,17,21). The lowest BCUT2D eigenvalue weighted by Crippen LogP contribution is -2.49. The second kappa shape index (κ2) is 6.22. The van der Waals surface area contributed by atoms with Gasteiger partial charge in [0.2, 0.25) is 5.91 Å². The third-order valence-electron chi connectivity index (χ3n) is 5.39. The Labute approximate surface area is 126 Å². The Bertz CT molecular complexity index is 406. The largest absolute Gasteiger partial charge is 0.342 e. The van der Waals surface area contributed by atoms with Crippen molar-refractivity contribution in [2.24, 2.45) is 17.6 Å². The molecule has 3 N–H and O–H groups in total. The van der Waals surface area contributed by atoms with Gasteiger partial charge in [0.1, 0.15) is 0 Å². The van der Waals surface area contributed by atoms with Crippen LogP contribution in [0.25, 0.3) is 0 Å². The van der Waals surface area contributed by atoms with Gasteiger partial charge < -0.3 is 20.9 Å². The van der Waals surface area contributed by atoms with Crippen molar-refractivity contribution in [1.29, 1.82) is 0 Å². The first kappa shape index (κ1) is 14.6. The Morgan fingerprint density at radius 1 is 1.19 bits per heavy atom. The molecule has 1 saturated carbocycles. The molecule has 0 aromatic heterocycles. The summed E-state index contributed by atoms with van der Waals surface area (Å²) in [6.07, 6.45) is 5.02. The van der Waals surface area contributed by atoms with Crippen LogP contribution in [0.3, 0.4) is 0 Å². The summed E-state index contributed by atoms with van der Waals surface area (Å²) in [6, 6.07) is 0.351. The fourth-order valence-electron chi connectivity index (χ4n) is 4.11. The van der Waals surface area contributed by atoms with Crippen LogP contribution in [0.1, 0.15) is 32.1 Å². The Morgan fingerprint density at radius 3 is 2.57 bits per heavy atom. The number of piperidine rings is 1. The summed E-state index contributed by atoms with van der Waals surface area (Å²) in [6.45, 7) is 3.73. The number of hydrogen-bond acceptors (Lipinski definition) is 3. The highest BCUT2D eigenvalue weighted by Crippen LogP contribution is 2.33. The van der Waals surface area contributed by atoms with Crippen LogP contribution in [0.4, 0.5) is 4.79 Å². The maximum Gasteiger partial charge on any atom is 0.317 e. The first-order chi connectivity index (χ1) is 10.2. The molecule has 0 spiro atoms. The summed E-state index contributed by atoms with van der Waals surface area (Å²) in [5.41, 5.74) is 5.79. The van der Waals surface area contributed by atoms with Gasteiger partial charge in [0.05, 0.1) is 0 Å². The Morgan fingerprint density at radius 2 is 1.95 bits per heavy atom. The van der Waals surface area contributed by atoms with Crippen LogP contribution < -0.4 is 11.1 Å². The number of nitrogens with zero attached hydrogens (tertiary/aromatic N) is 2. The molecule has 3 fully saturated rings. The Hall–Kier alpha value is -1.30. The number of amides is 3. The van der Waals surface area contributed by atoms with Crippen LogP contribution >= 0.6 is 0 Å². The van der Waals surface area contributed by atoms with Gasteiger partial charge in [-0.3, -0.25) is 4.79 Å². The lowest BCUT2D eigenvalue weighted by Gasteiger charge is -2.37. The second-order valence-electron chi connectivity index (χ2n) is 6.51. The highest BCUT2D eigenvalue weighted by Gasteiger charge is 2.37. The average molecular weight is 294 g/mol. The molecule has 6 heteroatoms. The average Bonchev–Trinajstić information content (AvgIpc) is 3.15. The molecule has 6 nitrogen and oxygen atoms in total. The predicted molar refractivity (Wildman–Crippen MR) is 79.6 cm³/mol. The number of hydrogen-bond donors (Lipinski definition) is 2. The minimum absolute atomic E-state index is 0.0544. The number of nitrogens with two attached hydrogens (primary N) is 1. The van der Waals surface area contributed by atoms with Gasteiger partial charge in [-0.05, 0) is 38.1 Å². The topological polar surface area (TPSA) is 78.7 Å². The van der Waals surface area contributed by atoms with Crippen LogP contribution in [0.2, 0.25) is 0 Å². The molecule has 0 radical (unpaired) electrons. The number of urea groups is 1. The van der Waals surface area contributed by atoms with E-state index in [0.717, 1.165) is 58.3 Å². The van der Waals surface area contributed by atoms with Crippen LogP contribution in [-0.4, -0.2) is 60.5 Å². The summed E-state index contributed by atoms with van der Waals surface area (Å²) < 4.78 is 0. The zero-order valence-corrected chi connectivity index (χ0v) is 12.6. The number of carbonyl (C=O) groups is 2. The Balaban J connectivity index is 1.53. The number of rotatable bonds is 3. The first-order valence-electron chi connectivity index (χ1n) is 8.24. The number of likely N-dealkylation sites (tertiary alicyclic amines) is 1. The quantitative estimate of drug-likeness (QED) is 0.790. The molecule has 2 heterocycles. The lowest BCUT2D eigenvalue weighted by atomic mass is 9.93. The SMILES string of the molecule is NCC1CCCC1C(=O)N1CCC(N2CCNC2=O)CC1. The van der Waals surface area contributed by atoms with Crippen molar-refractivity contribution >= 4 is 11.9 Å². The molecule has 21 heavy (non-hydrogen) atoms. The Kier molecular flexibility index (Phi) is 4.33. The molecule has 1 aliphatic carbocycles. The normalized spacial score (nSPS) is 30.8. The third kappa shape index (κ3) is 2.86. The molecular formula is C15H26N4O2. The number of nitrogens with one attached hydrogen (secondary N) is 1. The van der Waals surface area contributed by atoms with Crippen LogP contribution in [-0.2, 0) is 4.79 Å². The van der Waals surface area contributed by atoms with Crippen LogP contribution in [0, 0.1) is 11.8 Å². The van der Waals surface area contributed by atoms with Gasteiger partial charge in [-0.15, -0.1) is 0 Å². The van der Waals surface area contributed by atoms with Gasteiger partial charge in [0.25, 0.3) is 0 Å². The van der Waals surface area contributed by atoms with Gasteiger partial charge in [-0.2, -0.15) is 0 Å². The van der Waals surface area contributed by atoms with Gasteiger partial charge >= 0.3 is 6.03 Å². The van der Waals surface area contributed by atoms with Crippen molar-refractivity contribution in [3.05, 3.63) is 0 Å². The van der Waals surface area contributed by atoms with Crippen molar-refractivity contribution in [1.82, 2.24) is 15.1 Å². The molecule has 2 saturated heterocycles.